The first-order valence-corrected chi connectivity index (χ1v) is 11.3. The molecule has 1 atom stereocenters. The molecule has 5 rings (SSSR count). The van der Waals surface area contributed by atoms with E-state index in [-0.39, 0.29) is 23.5 Å². The van der Waals surface area contributed by atoms with Crippen LogP contribution in [0, 0.1) is 5.92 Å². The molecule has 1 aliphatic heterocycles. The maximum Gasteiger partial charge on any atom is 0.321 e. The van der Waals surface area contributed by atoms with Gasteiger partial charge in [0.25, 0.3) is 0 Å². The number of benzene rings is 3. The minimum Gasteiger partial charge on any atom is -0.324 e. The topological polar surface area (TPSA) is 66.5 Å². The number of carbonyl (C=O) groups is 3. The zero-order chi connectivity index (χ0) is 22.2. The molecular formula is C27H26N2O3. The molecule has 1 N–H and O–H groups in total. The lowest BCUT2D eigenvalue weighted by atomic mass is 9.87. The van der Waals surface area contributed by atoms with Crippen LogP contribution in [0.15, 0.2) is 54.6 Å². The lowest BCUT2D eigenvalue weighted by molar-refractivity contribution is 0.0852. The monoisotopic (exact) mass is 426 g/mol. The van der Waals surface area contributed by atoms with Crippen molar-refractivity contribution in [3.05, 3.63) is 76.9 Å². The highest BCUT2D eigenvalue weighted by Crippen LogP contribution is 2.34. The summed E-state index contributed by atoms with van der Waals surface area (Å²) in [5.74, 6) is -0.136. The molecule has 0 aromatic heterocycles. The van der Waals surface area contributed by atoms with Crippen LogP contribution in [-0.4, -0.2) is 35.6 Å². The molecule has 32 heavy (non-hydrogen) atoms. The number of nitrogens with zero attached hydrogens (tertiary/aromatic N) is 1. The van der Waals surface area contributed by atoms with Gasteiger partial charge in [0.05, 0.1) is 0 Å². The van der Waals surface area contributed by atoms with Crippen LogP contribution in [-0.2, 0) is 12.8 Å². The summed E-state index contributed by atoms with van der Waals surface area (Å²) >= 11 is 0. The summed E-state index contributed by atoms with van der Waals surface area (Å²) in [6.07, 6.45) is 3.64. The third kappa shape index (κ3) is 3.68. The van der Waals surface area contributed by atoms with Gasteiger partial charge in [0, 0.05) is 35.8 Å². The molecule has 5 heteroatoms. The first-order chi connectivity index (χ1) is 15.5. The summed E-state index contributed by atoms with van der Waals surface area (Å²) in [4.78, 5) is 39.7. The molecule has 3 aromatic rings. The molecule has 0 saturated carbocycles. The van der Waals surface area contributed by atoms with E-state index in [0.717, 1.165) is 36.6 Å². The summed E-state index contributed by atoms with van der Waals surface area (Å²) in [6, 6.07) is 17.0. The number of hydrogen-bond acceptors (Lipinski definition) is 3. The average Bonchev–Trinajstić information content (AvgIpc) is 3.24. The van der Waals surface area contributed by atoms with Crippen molar-refractivity contribution < 1.29 is 14.4 Å². The van der Waals surface area contributed by atoms with Gasteiger partial charge in [-0.15, -0.1) is 0 Å². The minimum absolute atomic E-state index is 0.0462. The van der Waals surface area contributed by atoms with E-state index < -0.39 is 0 Å². The molecule has 1 heterocycles. The van der Waals surface area contributed by atoms with Crippen molar-refractivity contribution in [2.24, 2.45) is 5.92 Å². The Morgan fingerprint density at radius 3 is 2.56 bits per heavy atom. The molecule has 2 aliphatic rings. The molecule has 1 aliphatic carbocycles. The van der Waals surface area contributed by atoms with Crippen LogP contribution in [0.25, 0.3) is 10.8 Å². The number of ketones is 2. The Morgan fingerprint density at radius 1 is 0.969 bits per heavy atom. The molecule has 1 fully saturated rings. The zero-order valence-electron chi connectivity index (χ0n) is 18.2. The van der Waals surface area contributed by atoms with E-state index in [1.54, 1.807) is 29.2 Å². The Hall–Kier alpha value is -3.47. The molecule has 5 nitrogen and oxygen atoms in total. The Balaban J connectivity index is 1.34. The third-order valence-electron chi connectivity index (χ3n) is 6.74. The SMILES string of the molecule is CC(=O)c1cccc(NC(=O)N2CCC[C@H](C(=O)c3ccc4c5c(cccc35)CC4)C2)c1. The Morgan fingerprint density at radius 2 is 1.75 bits per heavy atom. The van der Waals surface area contributed by atoms with Gasteiger partial charge in [-0.3, -0.25) is 9.59 Å². The molecule has 162 valence electrons. The second-order valence-corrected chi connectivity index (χ2v) is 8.83. The first kappa shape index (κ1) is 20.4. The number of carbonyl (C=O) groups excluding carboxylic acids is 3. The van der Waals surface area contributed by atoms with Crippen LogP contribution in [0.5, 0.6) is 0 Å². The van der Waals surface area contributed by atoms with Gasteiger partial charge in [-0.1, -0.05) is 42.5 Å². The number of nitrogens with one attached hydrogen (secondary N) is 1. The van der Waals surface area contributed by atoms with E-state index in [1.165, 1.54) is 23.4 Å². The van der Waals surface area contributed by atoms with Crippen LogP contribution in [0.2, 0.25) is 0 Å². The molecule has 0 bridgehead atoms. The normalized spacial score (nSPS) is 17.4. The van der Waals surface area contributed by atoms with E-state index in [2.05, 4.69) is 23.5 Å². The summed E-state index contributed by atoms with van der Waals surface area (Å²) in [7, 11) is 0. The highest BCUT2D eigenvalue weighted by molar-refractivity contribution is 6.11. The summed E-state index contributed by atoms with van der Waals surface area (Å²) in [5.41, 5.74) is 4.56. The van der Waals surface area contributed by atoms with Crippen molar-refractivity contribution in [3.8, 4) is 0 Å². The van der Waals surface area contributed by atoms with Gasteiger partial charge in [0.2, 0.25) is 0 Å². The van der Waals surface area contributed by atoms with E-state index in [0.29, 0.717) is 24.3 Å². The van der Waals surface area contributed by atoms with Crippen molar-refractivity contribution in [1.29, 1.82) is 0 Å². The van der Waals surface area contributed by atoms with Crippen LogP contribution < -0.4 is 5.32 Å². The van der Waals surface area contributed by atoms with E-state index in [1.807, 2.05) is 12.1 Å². The minimum atomic E-state index is -0.233. The average molecular weight is 427 g/mol. The number of likely N-dealkylation sites (tertiary alicyclic amines) is 1. The summed E-state index contributed by atoms with van der Waals surface area (Å²) in [5, 5.41) is 5.17. The largest absolute Gasteiger partial charge is 0.324 e. The molecule has 1 saturated heterocycles. The van der Waals surface area contributed by atoms with E-state index in [4.69, 9.17) is 0 Å². The van der Waals surface area contributed by atoms with Crippen LogP contribution in [0.3, 0.4) is 0 Å². The van der Waals surface area contributed by atoms with E-state index >= 15 is 0 Å². The van der Waals surface area contributed by atoms with Gasteiger partial charge >= 0.3 is 6.03 Å². The van der Waals surface area contributed by atoms with E-state index in [9.17, 15) is 14.4 Å². The highest BCUT2D eigenvalue weighted by atomic mass is 16.2. The number of piperidine rings is 1. The molecule has 0 unspecified atom stereocenters. The maximum absolute atomic E-state index is 13.5. The smallest absolute Gasteiger partial charge is 0.321 e. The first-order valence-electron chi connectivity index (χ1n) is 11.3. The molecular weight excluding hydrogens is 400 g/mol. The predicted molar refractivity (Wildman–Crippen MR) is 125 cm³/mol. The fourth-order valence-electron chi connectivity index (χ4n) is 5.08. The van der Waals surface area contributed by atoms with Crippen molar-refractivity contribution in [2.45, 2.75) is 32.6 Å². The number of aryl methyl sites for hydroxylation is 2. The lowest BCUT2D eigenvalue weighted by Crippen LogP contribution is -2.44. The van der Waals surface area contributed by atoms with Gasteiger partial charge in [-0.2, -0.15) is 0 Å². The zero-order valence-corrected chi connectivity index (χ0v) is 18.2. The lowest BCUT2D eigenvalue weighted by Gasteiger charge is -2.32. The number of hydrogen-bond donors (Lipinski definition) is 1. The number of anilines is 1. The second-order valence-electron chi connectivity index (χ2n) is 8.83. The Kier molecular flexibility index (Phi) is 5.25. The Labute approximate surface area is 187 Å². The number of amides is 2. The van der Waals surface area contributed by atoms with Gasteiger partial charge < -0.3 is 10.2 Å². The van der Waals surface area contributed by atoms with Crippen molar-refractivity contribution >= 4 is 34.1 Å². The van der Waals surface area contributed by atoms with Crippen molar-refractivity contribution in [1.82, 2.24) is 4.90 Å². The van der Waals surface area contributed by atoms with Gasteiger partial charge in [0.15, 0.2) is 11.6 Å². The summed E-state index contributed by atoms with van der Waals surface area (Å²) < 4.78 is 0. The fourth-order valence-corrected chi connectivity index (χ4v) is 5.08. The third-order valence-corrected chi connectivity index (χ3v) is 6.74. The maximum atomic E-state index is 13.5. The molecule has 2 amide bonds. The quantitative estimate of drug-likeness (QED) is 0.578. The predicted octanol–water partition coefficient (Wildman–Crippen LogP) is 5.27. The molecule has 3 aromatic carbocycles. The number of Topliss-reactive ketones (excluding diaryl/α,β-unsaturated/α-hetero) is 2. The van der Waals surface area contributed by atoms with Crippen LogP contribution in [0.4, 0.5) is 10.5 Å². The molecule has 0 radical (unpaired) electrons. The molecule has 0 spiro atoms. The number of rotatable bonds is 4. The second kappa shape index (κ2) is 8.23. The highest BCUT2D eigenvalue weighted by Gasteiger charge is 2.30. The van der Waals surface area contributed by atoms with Crippen LogP contribution in [0.1, 0.15) is 51.6 Å². The van der Waals surface area contributed by atoms with Crippen molar-refractivity contribution in [3.63, 3.8) is 0 Å². The van der Waals surface area contributed by atoms with Gasteiger partial charge in [-0.25, -0.2) is 4.79 Å². The standard InChI is InChI=1S/C27H26N2O3/c1-17(30)20-6-2-8-22(15-20)28-27(32)29-14-4-7-21(16-29)26(31)24-13-12-19-11-10-18-5-3-9-23(24)25(18)19/h2-3,5-6,8-9,12-13,15,21H,4,7,10-11,14,16H2,1H3,(H,28,32)/t21-/m0/s1. The fraction of sp³-hybridized carbons (Fsp3) is 0.296. The van der Waals surface area contributed by atoms with Crippen LogP contribution >= 0.6 is 0 Å². The number of urea groups is 1. The van der Waals surface area contributed by atoms with Gasteiger partial charge in [-0.05, 0) is 66.6 Å². The summed E-state index contributed by atoms with van der Waals surface area (Å²) in [6.45, 7) is 2.52. The van der Waals surface area contributed by atoms with Gasteiger partial charge in [0.1, 0.15) is 0 Å². The van der Waals surface area contributed by atoms with Crippen molar-refractivity contribution in [2.75, 3.05) is 18.4 Å². The Bertz CT molecular complexity index is 1240.